The molecule has 0 unspecified atom stereocenters. The number of rotatable bonds is 3. The number of hydrogen-bond donors (Lipinski definition) is 0. The molecule has 3 nitrogen and oxygen atoms in total. The average Bonchev–Trinajstić information content (AvgIpc) is 2.85. The van der Waals surface area contributed by atoms with Gasteiger partial charge in [-0.2, -0.15) is 0 Å². The van der Waals surface area contributed by atoms with Crippen LogP contribution in [0.15, 0.2) is 18.2 Å². The van der Waals surface area contributed by atoms with Crippen molar-refractivity contribution in [2.45, 2.75) is 32.3 Å². The molecule has 0 spiro atoms. The topological polar surface area (TPSA) is 29.5 Å². The van der Waals surface area contributed by atoms with Crippen molar-refractivity contribution in [1.29, 1.82) is 0 Å². The molecule has 0 radical (unpaired) electrons. The van der Waals surface area contributed by atoms with Gasteiger partial charge in [0, 0.05) is 18.1 Å². The first-order valence-corrected chi connectivity index (χ1v) is 6.71. The number of hydrogen-bond acceptors (Lipinski definition) is 2. The summed E-state index contributed by atoms with van der Waals surface area (Å²) in [5.41, 5.74) is -1.08. The number of ether oxygens (including phenoxy) is 1. The molecule has 0 aliphatic carbocycles. The smallest absolute Gasteiger partial charge is 0.266 e. The minimum Gasteiger partial charge on any atom is -0.475 e. The summed E-state index contributed by atoms with van der Waals surface area (Å²) in [4.78, 5) is 14.1. The van der Waals surface area contributed by atoms with Crippen molar-refractivity contribution >= 4 is 17.5 Å². The summed E-state index contributed by atoms with van der Waals surface area (Å²) in [6.07, 6.45) is 2.02. The zero-order valence-electron chi connectivity index (χ0n) is 11.1. The van der Waals surface area contributed by atoms with Gasteiger partial charge in [-0.05, 0) is 44.9 Å². The fourth-order valence-electron chi connectivity index (χ4n) is 2.18. The first kappa shape index (κ1) is 14.1. The molecule has 1 aliphatic heterocycles. The third-order valence-corrected chi connectivity index (χ3v) is 3.40. The fourth-order valence-corrected chi connectivity index (χ4v) is 2.34. The van der Waals surface area contributed by atoms with E-state index in [1.54, 1.807) is 18.7 Å². The van der Waals surface area contributed by atoms with E-state index < -0.39 is 11.4 Å². The number of nitrogens with zero attached hydrogens (tertiary/aromatic N) is 1. The van der Waals surface area contributed by atoms with E-state index in [9.17, 15) is 9.18 Å². The predicted molar refractivity (Wildman–Crippen MR) is 71.9 cm³/mol. The molecule has 5 heteroatoms. The molecule has 1 aromatic rings. The van der Waals surface area contributed by atoms with Crippen molar-refractivity contribution in [1.82, 2.24) is 4.90 Å². The normalized spacial score (nSPS) is 15.7. The van der Waals surface area contributed by atoms with Crippen LogP contribution >= 0.6 is 11.6 Å². The highest BCUT2D eigenvalue weighted by Crippen LogP contribution is 2.26. The van der Waals surface area contributed by atoms with Gasteiger partial charge >= 0.3 is 0 Å². The largest absolute Gasteiger partial charge is 0.475 e. The highest BCUT2D eigenvalue weighted by atomic mass is 35.5. The molecule has 19 heavy (non-hydrogen) atoms. The molecule has 0 N–H and O–H groups in total. The van der Waals surface area contributed by atoms with Gasteiger partial charge in [0.05, 0.1) is 0 Å². The van der Waals surface area contributed by atoms with Crippen molar-refractivity contribution in [2.75, 3.05) is 13.1 Å². The van der Waals surface area contributed by atoms with Gasteiger partial charge in [-0.15, -0.1) is 0 Å². The Labute approximate surface area is 117 Å². The molecule has 0 bridgehead atoms. The van der Waals surface area contributed by atoms with Gasteiger partial charge < -0.3 is 9.64 Å². The van der Waals surface area contributed by atoms with E-state index in [2.05, 4.69) is 0 Å². The van der Waals surface area contributed by atoms with E-state index in [0.717, 1.165) is 25.9 Å². The lowest BCUT2D eigenvalue weighted by atomic mass is 10.1. The summed E-state index contributed by atoms with van der Waals surface area (Å²) in [6.45, 7) is 4.80. The highest BCUT2D eigenvalue weighted by Gasteiger charge is 2.35. The van der Waals surface area contributed by atoms with Crippen molar-refractivity contribution in [3.05, 3.63) is 29.0 Å². The first-order valence-electron chi connectivity index (χ1n) is 6.33. The van der Waals surface area contributed by atoms with Crippen LogP contribution < -0.4 is 4.74 Å². The van der Waals surface area contributed by atoms with Crippen LogP contribution in [0.3, 0.4) is 0 Å². The van der Waals surface area contributed by atoms with Crippen LogP contribution in [0.5, 0.6) is 5.75 Å². The minimum absolute atomic E-state index is 0.0435. The molecule has 0 atom stereocenters. The molecule has 1 heterocycles. The van der Waals surface area contributed by atoms with Crippen molar-refractivity contribution in [3.8, 4) is 5.75 Å². The maximum atomic E-state index is 13.7. The Balaban J connectivity index is 2.13. The zero-order valence-corrected chi connectivity index (χ0v) is 11.8. The summed E-state index contributed by atoms with van der Waals surface area (Å²) in [6, 6.07) is 4.15. The summed E-state index contributed by atoms with van der Waals surface area (Å²) in [5, 5.41) is 0.300. The summed E-state index contributed by atoms with van der Waals surface area (Å²) in [7, 11) is 0. The molecular weight excluding hydrogens is 269 g/mol. The summed E-state index contributed by atoms with van der Waals surface area (Å²) in [5.74, 6) is -0.629. The van der Waals surface area contributed by atoms with Crippen LogP contribution in [0.1, 0.15) is 26.7 Å². The molecule has 0 saturated carbocycles. The van der Waals surface area contributed by atoms with Crippen LogP contribution in [0.2, 0.25) is 5.02 Å². The van der Waals surface area contributed by atoms with E-state index in [-0.39, 0.29) is 11.7 Å². The zero-order chi connectivity index (χ0) is 14.0. The van der Waals surface area contributed by atoms with E-state index in [1.165, 1.54) is 18.2 Å². The number of halogens is 2. The Hall–Kier alpha value is -1.29. The Morgan fingerprint density at radius 1 is 1.37 bits per heavy atom. The van der Waals surface area contributed by atoms with Crippen LogP contribution in [-0.4, -0.2) is 29.5 Å². The van der Waals surface area contributed by atoms with Gasteiger partial charge in [0.25, 0.3) is 5.91 Å². The average molecular weight is 286 g/mol. The molecule has 1 aliphatic rings. The lowest BCUT2D eigenvalue weighted by Crippen LogP contribution is -2.47. The second-order valence-corrected chi connectivity index (χ2v) is 5.62. The number of amides is 1. The molecule has 1 amide bonds. The molecule has 1 aromatic carbocycles. The number of benzene rings is 1. The Bertz CT molecular complexity index is 484. The molecule has 2 rings (SSSR count). The van der Waals surface area contributed by atoms with Crippen LogP contribution in [0.4, 0.5) is 4.39 Å². The standard InChI is InChI=1S/C14H17ClFNO2/c1-14(2,13(18)17-7-3-4-8-17)19-12-6-5-10(15)9-11(12)16/h5-6,9H,3-4,7-8H2,1-2H3. The molecule has 0 aromatic heterocycles. The number of likely N-dealkylation sites (tertiary alicyclic amines) is 1. The SMILES string of the molecule is CC(C)(Oc1ccc(Cl)cc1F)C(=O)N1CCCC1. The third kappa shape index (κ3) is 3.18. The fraction of sp³-hybridized carbons (Fsp3) is 0.500. The minimum atomic E-state index is -1.08. The van der Waals surface area contributed by atoms with Gasteiger partial charge in [-0.1, -0.05) is 11.6 Å². The van der Waals surface area contributed by atoms with Crippen LogP contribution in [-0.2, 0) is 4.79 Å². The van der Waals surface area contributed by atoms with Crippen molar-refractivity contribution in [2.24, 2.45) is 0 Å². The first-order chi connectivity index (χ1) is 8.90. The van der Waals surface area contributed by atoms with Crippen molar-refractivity contribution < 1.29 is 13.9 Å². The Morgan fingerprint density at radius 2 is 2.00 bits per heavy atom. The molecule has 1 saturated heterocycles. The second kappa shape index (κ2) is 5.37. The molecule has 104 valence electrons. The summed E-state index contributed by atoms with van der Waals surface area (Å²) >= 11 is 5.68. The highest BCUT2D eigenvalue weighted by molar-refractivity contribution is 6.30. The lowest BCUT2D eigenvalue weighted by molar-refractivity contribution is -0.144. The second-order valence-electron chi connectivity index (χ2n) is 5.19. The van der Waals surface area contributed by atoms with Gasteiger partial charge in [0.15, 0.2) is 17.2 Å². The van der Waals surface area contributed by atoms with Gasteiger partial charge in [-0.3, -0.25) is 4.79 Å². The van der Waals surface area contributed by atoms with Crippen LogP contribution in [0.25, 0.3) is 0 Å². The third-order valence-electron chi connectivity index (χ3n) is 3.17. The van der Waals surface area contributed by atoms with E-state index in [0.29, 0.717) is 5.02 Å². The molecular formula is C14H17ClFNO2. The van der Waals surface area contributed by atoms with E-state index >= 15 is 0 Å². The Morgan fingerprint density at radius 3 is 2.58 bits per heavy atom. The van der Waals surface area contributed by atoms with E-state index in [1.807, 2.05) is 0 Å². The quantitative estimate of drug-likeness (QED) is 0.853. The van der Waals surface area contributed by atoms with Crippen LogP contribution in [0, 0.1) is 5.82 Å². The van der Waals surface area contributed by atoms with Gasteiger partial charge in [0.2, 0.25) is 0 Å². The summed E-state index contributed by atoms with van der Waals surface area (Å²) < 4.78 is 19.2. The van der Waals surface area contributed by atoms with Gasteiger partial charge in [-0.25, -0.2) is 4.39 Å². The predicted octanol–water partition coefficient (Wildman–Crippen LogP) is 3.26. The molecule has 1 fully saturated rings. The van der Waals surface area contributed by atoms with Crippen molar-refractivity contribution in [3.63, 3.8) is 0 Å². The lowest BCUT2D eigenvalue weighted by Gasteiger charge is -2.30. The van der Waals surface area contributed by atoms with E-state index in [4.69, 9.17) is 16.3 Å². The maximum Gasteiger partial charge on any atom is 0.266 e. The number of carbonyl (C=O) groups is 1. The Kier molecular flexibility index (Phi) is 3.99. The van der Waals surface area contributed by atoms with Gasteiger partial charge in [0.1, 0.15) is 0 Å². The monoisotopic (exact) mass is 285 g/mol. The number of carbonyl (C=O) groups excluding carboxylic acids is 1. The maximum absolute atomic E-state index is 13.7.